The number of hydrogen-bond acceptors (Lipinski definition) is 5. The number of ether oxygens (including phenoxy) is 1. The third kappa shape index (κ3) is 7.37. The minimum atomic E-state index is -1.41. The summed E-state index contributed by atoms with van der Waals surface area (Å²) in [5.74, 6) is -5.06. The highest BCUT2D eigenvalue weighted by Gasteiger charge is 2.16. The molecule has 2 aromatic carbocycles. The molecule has 0 aromatic heterocycles. The van der Waals surface area contributed by atoms with Crippen molar-refractivity contribution in [2.45, 2.75) is 25.0 Å². The van der Waals surface area contributed by atoms with Crippen molar-refractivity contribution in [3.05, 3.63) is 71.0 Å². The van der Waals surface area contributed by atoms with Crippen molar-refractivity contribution in [3.8, 4) is 0 Å². The van der Waals surface area contributed by atoms with Crippen LogP contribution in [0.4, 0.5) is 13.2 Å². The summed E-state index contributed by atoms with van der Waals surface area (Å²) < 4.78 is 43.1. The third-order valence-electron chi connectivity index (χ3n) is 3.58. The van der Waals surface area contributed by atoms with E-state index >= 15 is 0 Å². The molecule has 0 amide bonds. The Hall–Kier alpha value is -2.91. The first-order valence-electron chi connectivity index (χ1n) is 8.07. The fourth-order valence-electron chi connectivity index (χ4n) is 2.15. The van der Waals surface area contributed by atoms with E-state index in [0.29, 0.717) is 11.6 Å². The molecule has 6 nitrogen and oxygen atoms in total. The maximum atomic E-state index is 13.2. The summed E-state index contributed by atoms with van der Waals surface area (Å²) in [5, 5.41) is 17.4. The van der Waals surface area contributed by atoms with Gasteiger partial charge in [-0.3, -0.25) is 4.79 Å². The van der Waals surface area contributed by atoms with Crippen LogP contribution in [0.25, 0.3) is 0 Å². The minimum absolute atomic E-state index is 0.0692. The lowest BCUT2D eigenvalue weighted by molar-refractivity contribution is -0.147. The van der Waals surface area contributed by atoms with E-state index in [2.05, 4.69) is 4.74 Å². The number of carbonyl (C=O) groups excluding carboxylic acids is 1. The number of carboxylic acids is 1. The van der Waals surface area contributed by atoms with E-state index in [-0.39, 0.29) is 18.4 Å². The van der Waals surface area contributed by atoms with Crippen molar-refractivity contribution in [1.29, 1.82) is 0 Å². The number of aliphatic hydroxyl groups excluding tert-OH is 1. The molecule has 0 aliphatic rings. The van der Waals surface area contributed by atoms with E-state index in [0.717, 1.165) is 6.07 Å². The van der Waals surface area contributed by atoms with Gasteiger partial charge in [-0.2, -0.15) is 0 Å². The predicted molar refractivity (Wildman–Crippen MR) is 93.7 cm³/mol. The summed E-state index contributed by atoms with van der Waals surface area (Å²) in [7, 11) is 1.20. The SMILES string of the molecule is COC(=O)C[C@H](N)Cc1cc(F)c(F)cc1F.O=C(O)[C@H](O)c1ccccc1. The van der Waals surface area contributed by atoms with Crippen LogP contribution < -0.4 is 5.73 Å². The topological polar surface area (TPSA) is 110 Å². The van der Waals surface area contributed by atoms with Gasteiger partial charge >= 0.3 is 11.9 Å². The van der Waals surface area contributed by atoms with Crippen LogP contribution in [-0.4, -0.2) is 35.3 Å². The van der Waals surface area contributed by atoms with Gasteiger partial charge in [-0.1, -0.05) is 30.3 Å². The molecule has 0 aliphatic carbocycles. The van der Waals surface area contributed by atoms with Crippen LogP contribution in [0, 0.1) is 17.5 Å². The monoisotopic (exact) mass is 399 g/mol. The van der Waals surface area contributed by atoms with E-state index in [1.165, 1.54) is 7.11 Å². The second-order valence-corrected chi connectivity index (χ2v) is 5.75. The number of hydrogen-bond donors (Lipinski definition) is 3. The average Bonchev–Trinajstić information content (AvgIpc) is 2.66. The predicted octanol–water partition coefficient (Wildman–Crippen LogP) is 2.34. The molecule has 2 rings (SSSR count). The molecule has 4 N–H and O–H groups in total. The van der Waals surface area contributed by atoms with Gasteiger partial charge in [-0.25, -0.2) is 18.0 Å². The highest BCUT2D eigenvalue weighted by atomic mass is 19.2. The molecule has 28 heavy (non-hydrogen) atoms. The summed E-state index contributed by atoms with van der Waals surface area (Å²) in [5.41, 5.74) is 5.89. The lowest BCUT2D eigenvalue weighted by Gasteiger charge is -2.11. The zero-order chi connectivity index (χ0) is 21.3. The molecule has 0 unspecified atom stereocenters. The molecule has 152 valence electrons. The molecule has 0 radical (unpaired) electrons. The highest BCUT2D eigenvalue weighted by molar-refractivity contribution is 5.73. The summed E-state index contributed by atoms with van der Waals surface area (Å²) in [6.45, 7) is 0. The van der Waals surface area contributed by atoms with Crippen LogP contribution in [0.3, 0.4) is 0 Å². The Labute approximate surface area is 159 Å². The van der Waals surface area contributed by atoms with Gasteiger partial charge in [0.2, 0.25) is 0 Å². The first kappa shape index (κ1) is 23.1. The number of benzene rings is 2. The lowest BCUT2D eigenvalue weighted by Crippen LogP contribution is -2.27. The molecule has 0 heterocycles. The molecule has 9 heteroatoms. The second kappa shape index (κ2) is 11.1. The van der Waals surface area contributed by atoms with Gasteiger partial charge in [0, 0.05) is 12.1 Å². The Morgan fingerprint density at radius 3 is 2.18 bits per heavy atom. The van der Waals surface area contributed by atoms with Gasteiger partial charge in [-0.15, -0.1) is 0 Å². The third-order valence-corrected chi connectivity index (χ3v) is 3.58. The quantitative estimate of drug-likeness (QED) is 0.508. The standard InChI is InChI=1S/C11H12F3NO2.C8H8O3/c1-17-11(16)4-7(15)2-6-3-9(13)10(14)5-8(6)12;9-7(8(10)11)6-4-2-1-3-5-6/h3,5,7H,2,4,15H2,1H3;1-5,7,9H,(H,10,11)/t2*7-/m11/s1. The van der Waals surface area contributed by atoms with Crippen LogP contribution in [0.2, 0.25) is 0 Å². The molecule has 0 bridgehead atoms. The fraction of sp³-hybridized carbons (Fsp3) is 0.263. The van der Waals surface area contributed by atoms with Gasteiger partial charge in [0.05, 0.1) is 13.5 Å². The molecule has 0 aliphatic heterocycles. The molecule has 0 saturated heterocycles. The Kier molecular flexibility index (Phi) is 9.13. The normalized spacial score (nSPS) is 12.4. The van der Waals surface area contributed by atoms with Gasteiger partial charge in [0.15, 0.2) is 17.7 Å². The first-order chi connectivity index (χ1) is 13.1. The van der Waals surface area contributed by atoms with Crippen molar-refractivity contribution in [1.82, 2.24) is 0 Å². The van der Waals surface area contributed by atoms with E-state index < -0.39 is 41.5 Å². The number of rotatable bonds is 6. The Morgan fingerprint density at radius 2 is 1.64 bits per heavy atom. The van der Waals surface area contributed by atoms with Crippen molar-refractivity contribution >= 4 is 11.9 Å². The molecule has 2 atom stereocenters. The summed E-state index contributed by atoms with van der Waals surface area (Å²) in [4.78, 5) is 21.1. The van der Waals surface area contributed by atoms with Crippen LogP contribution in [0.5, 0.6) is 0 Å². The van der Waals surface area contributed by atoms with Crippen LogP contribution in [0.1, 0.15) is 23.7 Å². The smallest absolute Gasteiger partial charge is 0.337 e. The highest BCUT2D eigenvalue weighted by Crippen LogP contribution is 2.15. The zero-order valence-corrected chi connectivity index (χ0v) is 14.9. The number of esters is 1. The number of halogens is 3. The van der Waals surface area contributed by atoms with E-state index in [1.807, 2.05) is 0 Å². The van der Waals surface area contributed by atoms with E-state index in [4.69, 9.17) is 15.9 Å². The lowest BCUT2D eigenvalue weighted by atomic mass is 10.0. The van der Waals surface area contributed by atoms with E-state index in [1.54, 1.807) is 30.3 Å². The Balaban J connectivity index is 0.000000307. The molecular weight excluding hydrogens is 379 g/mol. The van der Waals surface area contributed by atoms with Crippen LogP contribution in [0.15, 0.2) is 42.5 Å². The maximum absolute atomic E-state index is 13.2. The number of aliphatic carboxylic acids is 1. The summed E-state index contributed by atoms with van der Waals surface area (Å²) >= 11 is 0. The van der Waals surface area contributed by atoms with Crippen molar-refractivity contribution < 1.29 is 37.7 Å². The number of aliphatic hydroxyl groups is 1. The summed E-state index contributed by atoms with van der Waals surface area (Å²) in [6, 6.07) is 8.75. The minimum Gasteiger partial charge on any atom is -0.479 e. The number of carboxylic acid groups (broad SMARTS) is 1. The molecule has 0 fully saturated rings. The molecular formula is C19H20F3NO5. The van der Waals surface area contributed by atoms with Crippen molar-refractivity contribution in [2.75, 3.05) is 7.11 Å². The first-order valence-corrected chi connectivity index (χ1v) is 8.07. The van der Waals surface area contributed by atoms with Gasteiger partial charge in [0.1, 0.15) is 5.82 Å². The molecule has 2 aromatic rings. The van der Waals surface area contributed by atoms with Crippen LogP contribution >= 0.6 is 0 Å². The Morgan fingerprint density at radius 1 is 1.07 bits per heavy atom. The molecule has 0 spiro atoms. The number of carbonyl (C=O) groups is 2. The van der Waals surface area contributed by atoms with Crippen molar-refractivity contribution in [3.63, 3.8) is 0 Å². The van der Waals surface area contributed by atoms with Crippen molar-refractivity contribution in [2.24, 2.45) is 5.73 Å². The fourth-order valence-corrected chi connectivity index (χ4v) is 2.15. The van der Waals surface area contributed by atoms with E-state index in [9.17, 15) is 22.8 Å². The zero-order valence-electron chi connectivity index (χ0n) is 14.9. The van der Waals surface area contributed by atoms with Crippen LogP contribution in [-0.2, 0) is 20.7 Å². The number of nitrogens with two attached hydrogens (primary N) is 1. The number of methoxy groups -OCH3 is 1. The van der Waals surface area contributed by atoms with Gasteiger partial charge in [0.25, 0.3) is 0 Å². The second-order valence-electron chi connectivity index (χ2n) is 5.75. The summed E-state index contributed by atoms with van der Waals surface area (Å²) in [6.07, 6.45) is -1.59. The largest absolute Gasteiger partial charge is 0.479 e. The van der Waals surface area contributed by atoms with Gasteiger partial charge in [-0.05, 0) is 23.6 Å². The maximum Gasteiger partial charge on any atom is 0.337 e. The Bertz CT molecular complexity index is 802. The van der Waals surface area contributed by atoms with Gasteiger partial charge < -0.3 is 20.7 Å². The molecule has 0 saturated carbocycles. The average molecular weight is 399 g/mol.